The van der Waals surface area contributed by atoms with Gasteiger partial charge in [-0.1, -0.05) is 11.6 Å². The lowest BCUT2D eigenvalue weighted by molar-refractivity contribution is -0.122. The van der Waals surface area contributed by atoms with Gasteiger partial charge in [-0.3, -0.25) is 19.8 Å². The van der Waals surface area contributed by atoms with Gasteiger partial charge in [-0.05, 0) is 60.8 Å². The fraction of sp³-hybridized carbons (Fsp3) is 0.105. The number of carbonyl (C=O) groups excluding carboxylic acids is 2. The number of carbonyl (C=O) groups is 2. The summed E-state index contributed by atoms with van der Waals surface area (Å²) in [6.45, 7) is 0. The Morgan fingerprint density at radius 1 is 1.07 bits per heavy atom. The van der Waals surface area contributed by atoms with Crippen molar-refractivity contribution < 1.29 is 19.1 Å². The number of nitrogens with zero attached hydrogens (tertiary/aromatic N) is 1. The zero-order valence-corrected chi connectivity index (χ0v) is 16.1. The monoisotopic (exact) mass is 402 g/mol. The molecule has 1 fully saturated rings. The Morgan fingerprint density at radius 2 is 1.78 bits per heavy atom. The van der Waals surface area contributed by atoms with Crippen molar-refractivity contribution in [3.8, 4) is 11.5 Å². The van der Waals surface area contributed by atoms with Crippen LogP contribution in [-0.2, 0) is 9.59 Å². The average Bonchev–Trinajstić information content (AvgIpc) is 2.65. The number of ether oxygens (including phenoxy) is 2. The Balaban J connectivity index is 2.03. The number of hydrogen-bond acceptors (Lipinski definition) is 5. The molecule has 0 aromatic heterocycles. The summed E-state index contributed by atoms with van der Waals surface area (Å²) in [7, 11) is 3.04. The van der Waals surface area contributed by atoms with Gasteiger partial charge in [0.2, 0.25) is 0 Å². The van der Waals surface area contributed by atoms with E-state index in [0.717, 1.165) is 0 Å². The van der Waals surface area contributed by atoms with Crippen LogP contribution in [0.1, 0.15) is 5.56 Å². The molecule has 1 saturated heterocycles. The van der Waals surface area contributed by atoms with Gasteiger partial charge >= 0.3 is 0 Å². The Morgan fingerprint density at radius 3 is 2.41 bits per heavy atom. The van der Waals surface area contributed by atoms with Gasteiger partial charge in [-0.15, -0.1) is 0 Å². The van der Waals surface area contributed by atoms with Crippen molar-refractivity contribution in [3.63, 3.8) is 0 Å². The predicted octanol–water partition coefficient (Wildman–Crippen LogP) is 3.19. The van der Waals surface area contributed by atoms with Crippen molar-refractivity contribution in [3.05, 3.63) is 58.6 Å². The van der Waals surface area contributed by atoms with Crippen molar-refractivity contribution in [2.24, 2.45) is 0 Å². The van der Waals surface area contributed by atoms with Crippen molar-refractivity contribution in [2.45, 2.75) is 0 Å². The van der Waals surface area contributed by atoms with Gasteiger partial charge in [0.1, 0.15) is 17.1 Å². The molecule has 2 aromatic rings. The molecule has 8 heteroatoms. The minimum atomic E-state index is -0.586. The standard InChI is InChI=1S/C19H15ClN2O4S/c1-25-14-6-4-13(5-7-14)22-18(24)15(17(23)21-19(22)27)10-11-9-12(20)3-8-16(11)26-2/h3-10H,1-2H3,(H,21,23,27)/b15-10+. The summed E-state index contributed by atoms with van der Waals surface area (Å²) < 4.78 is 10.4. The lowest BCUT2D eigenvalue weighted by atomic mass is 10.1. The summed E-state index contributed by atoms with van der Waals surface area (Å²) >= 11 is 11.2. The van der Waals surface area contributed by atoms with Crippen molar-refractivity contribution in [1.82, 2.24) is 5.32 Å². The number of benzene rings is 2. The van der Waals surface area contributed by atoms with Crippen molar-refractivity contribution >= 4 is 52.5 Å². The van der Waals surface area contributed by atoms with E-state index in [1.165, 1.54) is 18.1 Å². The molecule has 1 N–H and O–H groups in total. The normalized spacial score (nSPS) is 15.7. The van der Waals surface area contributed by atoms with Gasteiger partial charge in [0, 0.05) is 10.6 Å². The Hall–Kier alpha value is -2.90. The second kappa shape index (κ2) is 7.77. The molecule has 1 aliphatic rings. The Labute approximate surface area is 166 Å². The van der Waals surface area contributed by atoms with Crippen LogP contribution in [0.2, 0.25) is 5.02 Å². The summed E-state index contributed by atoms with van der Waals surface area (Å²) in [6.07, 6.45) is 1.43. The number of nitrogens with one attached hydrogen (secondary N) is 1. The Bertz CT molecular complexity index is 957. The molecule has 2 aromatic carbocycles. The predicted molar refractivity (Wildman–Crippen MR) is 107 cm³/mol. The largest absolute Gasteiger partial charge is 0.497 e. The smallest absolute Gasteiger partial charge is 0.270 e. The minimum Gasteiger partial charge on any atom is -0.497 e. The molecule has 2 amide bonds. The number of anilines is 1. The second-order valence-corrected chi connectivity index (χ2v) is 6.37. The van der Waals surface area contributed by atoms with Crippen LogP contribution in [0.15, 0.2) is 48.0 Å². The fourth-order valence-electron chi connectivity index (χ4n) is 2.60. The maximum Gasteiger partial charge on any atom is 0.270 e. The molecule has 3 rings (SSSR count). The third-order valence-electron chi connectivity index (χ3n) is 3.92. The Kier molecular flexibility index (Phi) is 5.43. The molecule has 138 valence electrons. The van der Waals surface area contributed by atoms with Crippen molar-refractivity contribution in [1.29, 1.82) is 0 Å². The summed E-state index contributed by atoms with van der Waals surface area (Å²) in [6, 6.07) is 11.7. The molecule has 1 aliphatic heterocycles. The van der Waals surface area contributed by atoms with Crippen LogP contribution < -0.4 is 19.7 Å². The lowest BCUT2D eigenvalue weighted by Gasteiger charge is -2.29. The molecule has 0 unspecified atom stereocenters. The number of thiocarbonyl (C=S) groups is 1. The third kappa shape index (κ3) is 3.79. The third-order valence-corrected chi connectivity index (χ3v) is 4.44. The van der Waals surface area contributed by atoms with E-state index in [9.17, 15) is 9.59 Å². The first-order valence-electron chi connectivity index (χ1n) is 7.83. The van der Waals surface area contributed by atoms with Gasteiger partial charge in [-0.2, -0.15) is 0 Å². The first kappa shape index (κ1) is 18.9. The quantitative estimate of drug-likeness (QED) is 0.483. The molecule has 1 heterocycles. The van der Waals surface area contributed by atoms with Crippen LogP contribution in [0.4, 0.5) is 5.69 Å². The van der Waals surface area contributed by atoms with Crippen LogP contribution in [0, 0.1) is 0 Å². The minimum absolute atomic E-state index is 0.00498. The zero-order valence-electron chi connectivity index (χ0n) is 14.5. The summed E-state index contributed by atoms with van der Waals surface area (Å²) in [4.78, 5) is 26.6. The lowest BCUT2D eigenvalue weighted by Crippen LogP contribution is -2.54. The zero-order chi connectivity index (χ0) is 19.6. The number of amides is 2. The van der Waals surface area contributed by atoms with Gasteiger partial charge in [-0.25, -0.2) is 0 Å². The molecule has 0 atom stereocenters. The maximum atomic E-state index is 13.0. The van der Waals surface area contributed by atoms with Gasteiger partial charge in [0.05, 0.1) is 19.9 Å². The van der Waals surface area contributed by atoms with Crippen molar-refractivity contribution in [2.75, 3.05) is 19.1 Å². The van der Waals surface area contributed by atoms with Gasteiger partial charge in [0.25, 0.3) is 11.8 Å². The number of halogens is 1. The van der Waals surface area contributed by atoms with E-state index in [2.05, 4.69) is 5.32 Å². The van der Waals surface area contributed by atoms with E-state index < -0.39 is 11.8 Å². The number of hydrogen-bond donors (Lipinski definition) is 1. The maximum absolute atomic E-state index is 13.0. The fourth-order valence-corrected chi connectivity index (χ4v) is 3.06. The molecule has 0 aliphatic carbocycles. The van der Waals surface area contributed by atoms with E-state index in [1.807, 2.05) is 0 Å². The van der Waals surface area contributed by atoms with E-state index in [1.54, 1.807) is 49.6 Å². The highest BCUT2D eigenvalue weighted by Crippen LogP contribution is 2.28. The van der Waals surface area contributed by atoms with E-state index >= 15 is 0 Å². The van der Waals surface area contributed by atoms with Gasteiger partial charge < -0.3 is 9.47 Å². The van der Waals surface area contributed by atoms with Crippen LogP contribution in [-0.4, -0.2) is 31.1 Å². The van der Waals surface area contributed by atoms with Crippen LogP contribution in [0.3, 0.4) is 0 Å². The van der Waals surface area contributed by atoms with Crippen LogP contribution in [0.5, 0.6) is 11.5 Å². The molecule has 0 spiro atoms. The molecule has 0 saturated carbocycles. The molecule has 0 radical (unpaired) electrons. The highest BCUT2D eigenvalue weighted by atomic mass is 35.5. The molecular weight excluding hydrogens is 388 g/mol. The summed E-state index contributed by atoms with van der Waals surface area (Å²) in [5.74, 6) is -0.0121. The molecule has 27 heavy (non-hydrogen) atoms. The van der Waals surface area contributed by atoms with Crippen LogP contribution >= 0.6 is 23.8 Å². The molecule has 6 nitrogen and oxygen atoms in total. The first-order valence-corrected chi connectivity index (χ1v) is 8.62. The van der Waals surface area contributed by atoms with E-state index in [4.69, 9.17) is 33.3 Å². The highest BCUT2D eigenvalue weighted by Gasteiger charge is 2.34. The highest BCUT2D eigenvalue weighted by molar-refractivity contribution is 7.80. The average molecular weight is 403 g/mol. The van der Waals surface area contributed by atoms with Gasteiger partial charge in [0.15, 0.2) is 5.11 Å². The SMILES string of the molecule is COc1ccc(N2C(=O)/C(=C/c3cc(Cl)ccc3OC)C(=O)NC2=S)cc1. The second-order valence-electron chi connectivity index (χ2n) is 5.54. The topological polar surface area (TPSA) is 67.9 Å². The van der Waals surface area contributed by atoms with E-state index in [0.29, 0.717) is 27.8 Å². The van der Waals surface area contributed by atoms with Crippen LogP contribution in [0.25, 0.3) is 6.08 Å². The number of methoxy groups -OCH3 is 2. The number of rotatable bonds is 4. The summed E-state index contributed by atoms with van der Waals surface area (Å²) in [5, 5.41) is 2.99. The first-order chi connectivity index (χ1) is 12.9. The molecular formula is C19H15ClN2O4S. The molecule has 0 bridgehead atoms. The van der Waals surface area contributed by atoms with E-state index in [-0.39, 0.29) is 10.7 Å². The summed E-state index contributed by atoms with van der Waals surface area (Å²) in [5.41, 5.74) is 0.931.